The zero-order valence-corrected chi connectivity index (χ0v) is 14.1. The monoisotopic (exact) mass is 361 g/mol. The molecule has 3 nitrogen and oxygen atoms in total. The SMILES string of the molecule is O=S(=O)(c1cc(Cl)cc(Cl)c1)N(Cc1cccs1)C1CC1. The van der Waals surface area contributed by atoms with E-state index in [4.69, 9.17) is 23.2 Å². The Bertz CT molecular complexity index is 720. The predicted molar refractivity (Wildman–Crippen MR) is 86.5 cm³/mol. The summed E-state index contributed by atoms with van der Waals surface area (Å²) in [5, 5.41) is 2.60. The summed E-state index contributed by atoms with van der Waals surface area (Å²) >= 11 is 13.4. The van der Waals surface area contributed by atoms with Crippen LogP contribution in [0.1, 0.15) is 17.7 Å². The van der Waals surface area contributed by atoms with Crippen LogP contribution in [0.3, 0.4) is 0 Å². The van der Waals surface area contributed by atoms with E-state index in [0.717, 1.165) is 17.7 Å². The fourth-order valence-corrected chi connectivity index (χ4v) is 5.32. The zero-order chi connectivity index (χ0) is 15.0. The van der Waals surface area contributed by atoms with Crippen molar-refractivity contribution in [1.29, 1.82) is 0 Å². The van der Waals surface area contributed by atoms with Gasteiger partial charge in [-0.2, -0.15) is 4.31 Å². The molecule has 2 aromatic rings. The van der Waals surface area contributed by atoms with E-state index in [1.165, 1.54) is 18.2 Å². The van der Waals surface area contributed by atoms with Gasteiger partial charge in [-0.1, -0.05) is 29.3 Å². The molecule has 21 heavy (non-hydrogen) atoms. The van der Waals surface area contributed by atoms with Gasteiger partial charge in [-0.05, 0) is 42.5 Å². The maximum Gasteiger partial charge on any atom is 0.243 e. The van der Waals surface area contributed by atoms with Gasteiger partial charge in [0.1, 0.15) is 0 Å². The molecule has 0 unspecified atom stereocenters. The number of hydrogen-bond acceptors (Lipinski definition) is 3. The molecule has 0 atom stereocenters. The Morgan fingerprint density at radius 3 is 2.38 bits per heavy atom. The summed E-state index contributed by atoms with van der Waals surface area (Å²) in [6.45, 7) is 0.398. The highest BCUT2D eigenvalue weighted by molar-refractivity contribution is 7.89. The van der Waals surface area contributed by atoms with Crippen molar-refractivity contribution in [3.8, 4) is 0 Å². The fraction of sp³-hybridized carbons (Fsp3) is 0.286. The molecule has 112 valence electrons. The average molecular weight is 362 g/mol. The Kier molecular flexibility index (Phi) is 4.30. The van der Waals surface area contributed by atoms with E-state index in [-0.39, 0.29) is 10.9 Å². The molecule has 7 heteroatoms. The standard InChI is InChI=1S/C14H13Cl2NO2S2/c15-10-6-11(16)8-14(7-10)21(18,19)17(12-3-4-12)9-13-2-1-5-20-13/h1-2,5-8,12H,3-4,9H2. The largest absolute Gasteiger partial charge is 0.243 e. The van der Waals surface area contributed by atoms with Gasteiger partial charge in [0.05, 0.1) is 4.90 Å². The van der Waals surface area contributed by atoms with Crippen molar-refractivity contribution in [2.45, 2.75) is 30.3 Å². The second-order valence-corrected chi connectivity index (χ2v) is 8.76. The molecule has 1 aromatic heterocycles. The Hall–Kier alpha value is -0.590. The van der Waals surface area contributed by atoms with Crippen molar-refractivity contribution in [1.82, 2.24) is 4.31 Å². The van der Waals surface area contributed by atoms with Gasteiger partial charge in [-0.3, -0.25) is 0 Å². The number of hydrogen-bond donors (Lipinski definition) is 0. The van der Waals surface area contributed by atoms with E-state index in [1.807, 2.05) is 17.5 Å². The number of sulfonamides is 1. The number of thiophene rings is 1. The van der Waals surface area contributed by atoms with Crippen molar-refractivity contribution in [3.63, 3.8) is 0 Å². The van der Waals surface area contributed by atoms with Crippen LogP contribution in [0.2, 0.25) is 10.0 Å². The lowest BCUT2D eigenvalue weighted by Gasteiger charge is -2.21. The minimum atomic E-state index is -3.59. The first kappa shape index (κ1) is 15.3. The van der Waals surface area contributed by atoms with E-state index in [2.05, 4.69) is 0 Å². The summed E-state index contributed by atoms with van der Waals surface area (Å²) in [7, 11) is -3.59. The van der Waals surface area contributed by atoms with Gasteiger partial charge in [0, 0.05) is 27.5 Å². The van der Waals surface area contributed by atoms with Crippen LogP contribution in [0, 0.1) is 0 Å². The molecule has 3 rings (SSSR count). The number of nitrogens with zero attached hydrogens (tertiary/aromatic N) is 1. The first-order valence-electron chi connectivity index (χ1n) is 6.47. The molecule has 0 bridgehead atoms. The molecule has 0 saturated heterocycles. The maximum absolute atomic E-state index is 12.9. The van der Waals surface area contributed by atoms with Crippen LogP contribution in [0.15, 0.2) is 40.6 Å². The Morgan fingerprint density at radius 2 is 1.86 bits per heavy atom. The van der Waals surface area contributed by atoms with E-state index in [9.17, 15) is 8.42 Å². The second kappa shape index (κ2) is 5.89. The Labute approximate surface area is 138 Å². The molecule has 1 fully saturated rings. The van der Waals surface area contributed by atoms with Gasteiger partial charge in [-0.15, -0.1) is 11.3 Å². The summed E-state index contributed by atoms with van der Waals surface area (Å²) in [6.07, 6.45) is 1.80. The third-order valence-corrected chi connectivity index (χ3v) is 6.46. The normalized spacial score (nSPS) is 15.6. The smallest absolute Gasteiger partial charge is 0.207 e. The van der Waals surface area contributed by atoms with E-state index >= 15 is 0 Å². The minimum absolute atomic E-state index is 0.0786. The molecule has 0 aliphatic heterocycles. The van der Waals surface area contributed by atoms with Crippen molar-refractivity contribution in [2.75, 3.05) is 0 Å². The van der Waals surface area contributed by atoms with Crippen LogP contribution in [0.5, 0.6) is 0 Å². The molecule has 1 aromatic carbocycles. The average Bonchev–Trinajstić information content (AvgIpc) is 3.11. The van der Waals surface area contributed by atoms with Gasteiger partial charge in [-0.25, -0.2) is 8.42 Å². The van der Waals surface area contributed by atoms with Crippen LogP contribution >= 0.6 is 34.5 Å². The van der Waals surface area contributed by atoms with Crippen LogP contribution < -0.4 is 0 Å². The maximum atomic E-state index is 12.9. The number of halogens is 2. The Balaban J connectivity index is 1.97. The molecular formula is C14H13Cl2NO2S2. The molecule has 0 amide bonds. The lowest BCUT2D eigenvalue weighted by atomic mass is 10.4. The van der Waals surface area contributed by atoms with Gasteiger partial charge in [0.15, 0.2) is 0 Å². The molecule has 1 saturated carbocycles. The van der Waals surface area contributed by atoms with Gasteiger partial charge in [0.25, 0.3) is 0 Å². The van der Waals surface area contributed by atoms with Crippen LogP contribution in [0.25, 0.3) is 0 Å². The first-order chi connectivity index (χ1) is 9.96. The molecule has 1 aliphatic carbocycles. The lowest BCUT2D eigenvalue weighted by Crippen LogP contribution is -2.32. The lowest BCUT2D eigenvalue weighted by molar-refractivity contribution is 0.401. The topological polar surface area (TPSA) is 37.4 Å². The Morgan fingerprint density at radius 1 is 1.19 bits per heavy atom. The first-order valence-corrected chi connectivity index (χ1v) is 9.55. The van der Waals surface area contributed by atoms with Gasteiger partial charge >= 0.3 is 0 Å². The highest BCUT2D eigenvalue weighted by Crippen LogP contribution is 2.35. The van der Waals surface area contributed by atoms with Crippen molar-refractivity contribution < 1.29 is 8.42 Å². The van der Waals surface area contributed by atoms with Gasteiger partial charge < -0.3 is 0 Å². The van der Waals surface area contributed by atoms with Crippen molar-refractivity contribution in [2.24, 2.45) is 0 Å². The highest BCUT2D eigenvalue weighted by atomic mass is 35.5. The summed E-state index contributed by atoms with van der Waals surface area (Å²) in [5.41, 5.74) is 0. The zero-order valence-electron chi connectivity index (χ0n) is 11.0. The fourth-order valence-electron chi connectivity index (χ4n) is 2.14. The third kappa shape index (κ3) is 3.43. The molecule has 1 aliphatic rings. The molecular weight excluding hydrogens is 349 g/mol. The van der Waals surface area contributed by atoms with Crippen molar-refractivity contribution >= 4 is 44.6 Å². The molecule has 0 radical (unpaired) electrons. The molecule has 0 N–H and O–H groups in total. The van der Waals surface area contributed by atoms with Crippen LogP contribution in [-0.2, 0) is 16.6 Å². The number of benzene rings is 1. The highest BCUT2D eigenvalue weighted by Gasteiger charge is 2.38. The quantitative estimate of drug-likeness (QED) is 0.790. The summed E-state index contributed by atoms with van der Waals surface area (Å²) in [5.74, 6) is 0. The van der Waals surface area contributed by atoms with Crippen LogP contribution in [-0.4, -0.2) is 18.8 Å². The third-order valence-electron chi connectivity index (χ3n) is 3.29. The van der Waals surface area contributed by atoms with Crippen LogP contribution in [0.4, 0.5) is 0 Å². The summed E-state index contributed by atoms with van der Waals surface area (Å²) in [4.78, 5) is 1.18. The van der Waals surface area contributed by atoms with Gasteiger partial charge in [0.2, 0.25) is 10.0 Å². The molecule has 0 spiro atoms. The van der Waals surface area contributed by atoms with Crippen molar-refractivity contribution in [3.05, 3.63) is 50.6 Å². The summed E-state index contributed by atoms with van der Waals surface area (Å²) in [6, 6.07) is 8.38. The van der Waals surface area contributed by atoms with E-state index in [1.54, 1.807) is 15.6 Å². The van der Waals surface area contributed by atoms with E-state index < -0.39 is 10.0 Å². The summed E-state index contributed by atoms with van der Waals surface area (Å²) < 4.78 is 27.3. The molecule has 1 heterocycles. The van der Waals surface area contributed by atoms with E-state index in [0.29, 0.717) is 16.6 Å². The minimum Gasteiger partial charge on any atom is -0.207 e. The predicted octanol–water partition coefficient (Wildman–Crippen LogP) is 4.41. The number of rotatable bonds is 5. The second-order valence-electron chi connectivity index (χ2n) is 4.97.